The van der Waals surface area contributed by atoms with Crippen molar-refractivity contribution in [1.29, 1.82) is 0 Å². The number of hydrogen-bond donors (Lipinski definition) is 2. The highest BCUT2D eigenvalue weighted by Crippen LogP contribution is 2.31. The molecule has 1 aromatic carbocycles. The largest absolute Gasteiger partial charge is 0.451 e. The lowest BCUT2D eigenvalue weighted by molar-refractivity contribution is -0.144. The van der Waals surface area contributed by atoms with E-state index in [2.05, 4.69) is 30.4 Å². The van der Waals surface area contributed by atoms with Crippen molar-refractivity contribution in [2.75, 3.05) is 36.5 Å². The highest BCUT2D eigenvalue weighted by molar-refractivity contribution is 5.86. The van der Waals surface area contributed by atoms with E-state index in [0.29, 0.717) is 24.4 Å². The highest BCUT2D eigenvalue weighted by Gasteiger charge is 2.35. The lowest BCUT2D eigenvalue weighted by atomic mass is 10.2. The number of morpholine rings is 1. The third kappa shape index (κ3) is 3.27. The molecule has 10 heteroatoms. The third-order valence-corrected chi connectivity index (χ3v) is 4.06. The number of hydrogen-bond acceptors (Lipinski definition) is 6. The van der Waals surface area contributed by atoms with Crippen molar-refractivity contribution in [3.8, 4) is 0 Å². The maximum Gasteiger partial charge on any atom is 0.451 e. The second-order valence-electron chi connectivity index (χ2n) is 5.80. The fourth-order valence-electron chi connectivity index (χ4n) is 2.77. The Bertz CT molecular complexity index is 902. The van der Waals surface area contributed by atoms with E-state index in [4.69, 9.17) is 4.74 Å². The molecule has 1 fully saturated rings. The van der Waals surface area contributed by atoms with E-state index in [-0.39, 0.29) is 11.3 Å². The smallest absolute Gasteiger partial charge is 0.378 e. The van der Waals surface area contributed by atoms with Crippen molar-refractivity contribution in [2.45, 2.75) is 6.18 Å². The van der Waals surface area contributed by atoms with Gasteiger partial charge in [-0.25, -0.2) is 9.97 Å². The minimum absolute atomic E-state index is 0.0268. The first kappa shape index (κ1) is 16.6. The Morgan fingerprint density at radius 3 is 2.50 bits per heavy atom. The van der Waals surface area contributed by atoms with Crippen LogP contribution in [0.25, 0.3) is 11.0 Å². The van der Waals surface area contributed by atoms with E-state index in [1.54, 1.807) is 12.1 Å². The van der Waals surface area contributed by atoms with Crippen LogP contribution in [0, 0.1) is 0 Å². The van der Waals surface area contributed by atoms with Crippen LogP contribution < -0.4 is 10.2 Å². The summed E-state index contributed by atoms with van der Waals surface area (Å²) in [6.07, 6.45) is -3.40. The van der Waals surface area contributed by atoms with Crippen molar-refractivity contribution in [3.63, 3.8) is 0 Å². The SMILES string of the molecule is FC(F)(F)c1nc(Nc2ccc(N3CCOCC3)cc2)c2[nH]ncc2n1. The van der Waals surface area contributed by atoms with Gasteiger partial charge in [0, 0.05) is 24.5 Å². The number of fused-ring (bicyclic) bond motifs is 1. The molecule has 4 rings (SSSR count). The zero-order valence-electron chi connectivity index (χ0n) is 13.5. The van der Waals surface area contributed by atoms with Gasteiger partial charge in [-0.3, -0.25) is 5.10 Å². The molecule has 26 heavy (non-hydrogen) atoms. The highest BCUT2D eigenvalue weighted by atomic mass is 19.4. The van der Waals surface area contributed by atoms with Gasteiger partial charge in [-0.05, 0) is 24.3 Å². The molecule has 0 spiro atoms. The zero-order chi connectivity index (χ0) is 18.1. The van der Waals surface area contributed by atoms with Crippen molar-refractivity contribution in [1.82, 2.24) is 20.2 Å². The number of aromatic nitrogens is 4. The molecule has 3 aromatic rings. The van der Waals surface area contributed by atoms with E-state index in [9.17, 15) is 13.2 Å². The van der Waals surface area contributed by atoms with Crippen LogP contribution in [0.1, 0.15) is 5.82 Å². The molecule has 0 bridgehead atoms. The second-order valence-corrected chi connectivity index (χ2v) is 5.80. The predicted octanol–water partition coefficient (Wildman–Crippen LogP) is 2.95. The lowest BCUT2D eigenvalue weighted by Crippen LogP contribution is -2.36. The Balaban J connectivity index is 1.61. The van der Waals surface area contributed by atoms with E-state index in [1.807, 2.05) is 12.1 Å². The van der Waals surface area contributed by atoms with Crippen molar-refractivity contribution < 1.29 is 17.9 Å². The van der Waals surface area contributed by atoms with Crippen molar-refractivity contribution in [2.24, 2.45) is 0 Å². The van der Waals surface area contributed by atoms with E-state index >= 15 is 0 Å². The number of halogens is 3. The monoisotopic (exact) mass is 364 g/mol. The van der Waals surface area contributed by atoms with Gasteiger partial charge in [0.15, 0.2) is 5.82 Å². The first-order valence-electron chi connectivity index (χ1n) is 7.99. The van der Waals surface area contributed by atoms with Crippen molar-refractivity contribution in [3.05, 3.63) is 36.3 Å². The molecule has 1 saturated heterocycles. The van der Waals surface area contributed by atoms with Gasteiger partial charge >= 0.3 is 6.18 Å². The minimum atomic E-state index is -4.64. The third-order valence-electron chi connectivity index (χ3n) is 4.06. The molecule has 0 aliphatic carbocycles. The number of H-pyrrole nitrogens is 1. The first-order chi connectivity index (χ1) is 12.5. The summed E-state index contributed by atoms with van der Waals surface area (Å²) in [6, 6.07) is 7.40. The number of nitrogens with zero attached hydrogens (tertiary/aromatic N) is 4. The summed E-state index contributed by atoms with van der Waals surface area (Å²) in [5.41, 5.74) is 2.06. The summed E-state index contributed by atoms with van der Waals surface area (Å²) in [6.45, 7) is 2.97. The molecule has 0 unspecified atom stereocenters. The van der Waals surface area contributed by atoms with Crippen LogP contribution in [0.5, 0.6) is 0 Å². The van der Waals surface area contributed by atoms with Gasteiger partial charge < -0.3 is 15.0 Å². The molecular formula is C16H15F3N6O. The quantitative estimate of drug-likeness (QED) is 0.744. The van der Waals surface area contributed by atoms with Crippen LogP contribution in [-0.2, 0) is 10.9 Å². The Morgan fingerprint density at radius 1 is 1.08 bits per heavy atom. The fourth-order valence-corrected chi connectivity index (χ4v) is 2.77. The predicted molar refractivity (Wildman–Crippen MR) is 89.4 cm³/mol. The van der Waals surface area contributed by atoms with E-state index < -0.39 is 12.0 Å². The topological polar surface area (TPSA) is 79.0 Å². The van der Waals surface area contributed by atoms with Gasteiger partial charge in [0.2, 0.25) is 5.82 Å². The van der Waals surface area contributed by atoms with Gasteiger partial charge in [-0.2, -0.15) is 18.3 Å². The van der Waals surface area contributed by atoms with Gasteiger partial charge in [0.05, 0.1) is 19.4 Å². The Labute approximate surface area is 146 Å². The molecule has 1 aliphatic rings. The Hall–Kier alpha value is -2.88. The minimum Gasteiger partial charge on any atom is -0.378 e. The summed E-state index contributed by atoms with van der Waals surface area (Å²) in [5.74, 6) is -1.18. The molecule has 3 heterocycles. The number of aromatic amines is 1. The maximum atomic E-state index is 13.0. The average Bonchev–Trinajstić information content (AvgIpc) is 3.11. The lowest BCUT2D eigenvalue weighted by Gasteiger charge is -2.28. The van der Waals surface area contributed by atoms with Crippen LogP contribution in [0.2, 0.25) is 0 Å². The molecule has 7 nitrogen and oxygen atoms in total. The number of nitrogens with one attached hydrogen (secondary N) is 2. The molecule has 0 radical (unpaired) electrons. The number of ether oxygens (including phenoxy) is 1. The Morgan fingerprint density at radius 2 is 1.81 bits per heavy atom. The van der Waals surface area contributed by atoms with Gasteiger partial charge in [0.1, 0.15) is 11.0 Å². The summed E-state index contributed by atoms with van der Waals surface area (Å²) < 4.78 is 44.3. The first-order valence-corrected chi connectivity index (χ1v) is 7.99. The maximum absolute atomic E-state index is 13.0. The van der Waals surface area contributed by atoms with Crippen LogP contribution >= 0.6 is 0 Å². The molecular weight excluding hydrogens is 349 g/mol. The van der Waals surface area contributed by atoms with Crippen LogP contribution in [-0.4, -0.2) is 46.5 Å². The standard InChI is InChI=1S/C16H15F3N6O/c17-16(18,19)15-22-12-9-20-24-13(12)14(23-15)21-10-1-3-11(4-2-10)25-5-7-26-8-6-25/h1-4,9H,5-8H2,(H,20,24)(H,21,22,23). The van der Waals surface area contributed by atoms with Gasteiger partial charge in [-0.15, -0.1) is 0 Å². The average molecular weight is 364 g/mol. The summed E-state index contributed by atoms with van der Waals surface area (Å²) >= 11 is 0. The number of rotatable bonds is 3. The molecule has 2 N–H and O–H groups in total. The van der Waals surface area contributed by atoms with Crippen LogP contribution in [0.4, 0.5) is 30.4 Å². The molecule has 0 saturated carbocycles. The van der Waals surface area contributed by atoms with Crippen LogP contribution in [0.3, 0.4) is 0 Å². The molecule has 2 aromatic heterocycles. The number of alkyl halides is 3. The van der Waals surface area contributed by atoms with E-state index in [1.165, 1.54) is 6.20 Å². The number of anilines is 3. The van der Waals surface area contributed by atoms with Crippen LogP contribution in [0.15, 0.2) is 30.5 Å². The Kier molecular flexibility index (Phi) is 4.11. The zero-order valence-corrected chi connectivity index (χ0v) is 13.5. The molecule has 136 valence electrons. The van der Waals surface area contributed by atoms with Crippen molar-refractivity contribution >= 4 is 28.2 Å². The normalized spacial score (nSPS) is 15.4. The molecule has 1 aliphatic heterocycles. The summed E-state index contributed by atoms with van der Waals surface area (Å²) in [5, 5.41) is 9.28. The number of benzene rings is 1. The van der Waals surface area contributed by atoms with Gasteiger partial charge in [-0.1, -0.05) is 0 Å². The van der Waals surface area contributed by atoms with Gasteiger partial charge in [0.25, 0.3) is 0 Å². The molecule has 0 amide bonds. The summed E-state index contributed by atoms with van der Waals surface area (Å²) in [4.78, 5) is 9.29. The fraction of sp³-hybridized carbons (Fsp3) is 0.312. The molecule has 0 atom stereocenters. The second kappa shape index (κ2) is 6.45. The summed E-state index contributed by atoms with van der Waals surface area (Å²) in [7, 11) is 0. The van der Waals surface area contributed by atoms with E-state index in [0.717, 1.165) is 18.8 Å².